The lowest BCUT2D eigenvalue weighted by Gasteiger charge is -2.51. The van der Waals surface area contributed by atoms with Crippen molar-refractivity contribution in [2.45, 2.75) is 55.0 Å². The highest BCUT2D eigenvalue weighted by atomic mass is 19.4. The van der Waals surface area contributed by atoms with Gasteiger partial charge in [-0.05, 0) is 6.42 Å². The van der Waals surface area contributed by atoms with Crippen molar-refractivity contribution < 1.29 is 53.1 Å². The van der Waals surface area contributed by atoms with E-state index in [1.54, 1.807) is 0 Å². The molecule has 1 aliphatic carbocycles. The van der Waals surface area contributed by atoms with Gasteiger partial charge in [0.15, 0.2) is 0 Å². The molecule has 0 heterocycles. The van der Waals surface area contributed by atoms with Crippen molar-refractivity contribution in [1.29, 1.82) is 0 Å². The van der Waals surface area contributed by atoms with Crippen LogP contribution in [-0.4, -0.2) is 47.7 Å². The van der Waals surface area contributed by atoms with Crippen LogP contribution in [0.2, 0.25) is 0 Å². The summed E-state index contributed by atoms with van der Waals surface area (Å²) in [6.07, 6.45) is 0.0542. The molecule has 1 N–H and O–H groups in total. The second kappa shape index (κ2) is 5.35. The van der Waals surface area contributed by atoms with Gasteiger partial charge in [0.25, 0.3) is 5.91 Å². The minimum Gasteiger partial charge on any atom is -0.353 e. The van der Waals surface area contributed by atoms with Gasteiger partial charge in [-0.2, -0.15) is 43.9 Å². The minimum atomic E-state index is -7.31. The smallest absolute Gasteiger partial charge is 0.353 e. The number of hydrogen-bond acceptors (Lipinski definition) is 1. The molecule has 0 unspecified atom stereocenters. The van der Waals surface area contributed by atoms with Crippen molar-refractivity contribution in [1.82, 2.24) is 5.32 Å². The van der Waals surface area contributed by atoms with Crippen LogP contribution < -0.4 is 5.32 Å². The Kier molecular flexibility index (Phi) is 4.62. The summed E-state index contributed by atoms with van der Waals surface area (Å²) in [4.78, 5) is 11.3. The van der Waals surface area contributed by atoms with E-state index in [1.165, 1.54) is 6.92 Å². The molecule has 0 atom stereocenters. The van der Waals surface area contributed by atoms with Crippen LogP contribution in [0.4, 0.5) is 48.3 Å². The number of hydrogen-bond donors (Lipinski definition) is 1. The Balaban J connectivity index is 3.60. The van der Waals surface area contributed by atoms with Gasteiger partial charge in [0.1, 0.15) is 0 Å². The molecule has 1 amide bonds. The molecule has 142 valence electrons. The lowest BCUT2D eigenvalue weighted by molar-refractivity contribution is -0.476. The van der Waals surface area contributed by atoms with Crippen molar-refractivity contribution in [3.63, 3.8) is 0 Å². The maximum absolute atomic E-state index is 14.1. The van der Waals surface area contributed by atoms with Crippen LogP contribution in [0.5, 0.6) is 0 Å². The summed E-state index contributed by atoms with van der Waals surface area (Å²) in [6.45, 7) is 0.630. The Hall–Kier alpha value is -1.30. The monoisotopic (exact) mass is 381 g/mol. The predicted octanol–water partition coefficient (Wildman–Crippen LogP) is 3.80. The molecule has 0 spiro atoms. The Morgan fingerprint density at radius 2 is 1.04 bits per heavy atom. The molecule has 0 bridgehead atoms. The number of halogens is 11. The molecule has 0 aromatic carbocycles. The van der Waals surface area contributed by atoms with Gasteiger partial charge in [-0.25, -0.2) is 4.39 Å². The first-order chi connectivity index (χ1) is 10.5. The third kappa shape index (κ3) is 1.98. The van der Waals surface area contributed by atoms with Crippen LogP contribution >= 0.6 is 0 Å². The topological polar surface area (TPSA) is 29.1 Å². The molecule has 0 saturated heterocycles. The SMILES string of the molecule is CCCCNC(=O)C1(F)C(F)(F)C(F)(F)C(F)(F)C(F)(F)C1(F)F. The summed E-state index contributed by atoms with van der Waals surface area (Å²) >= 11 is 0. The van der Waals surface area contributed by atoms with Gasteiger partial charge in [0, 0.05) is 6.54 Å². The van der Waals surface area contributed by atoms with Gasteiger partial charge in [0.2, 0.25) is 0 Å². The van der Waals surface area contributed by atoms with Gasteiger partial charge in [-0.1, -0.05) is 13.3 Å². The molecule has 1 aliphatic rings. The van der Waals surface area contributed by atoms with Crippen LogP contribution in [0.25, 0.3) is 0 Å². The third-order valence-corrected chi connectivity index (χ3v) is 3.57. The van der Waals surface area contributed by atoms with Crippen LogP contribution in [0.3, 0.4) is 0 Å². The molecule has 1 saturated carbocycles. The first kappa shape index (κ1) is 20.7. The van der Waals surface area contributed by atoms with Crippen LogP contribution in [0, 0.1) is 0 Å². The number of carbonyl (C=O) groups is 1. The molecule has 1 rings (SSSR count). The average Bonchev–Trinajstić information content (AvgIpc) is 2.44. The fourth-order valence-corrected chi connectivity index (χ4v) is 2.01. The number of rotatable bonds is 4. The van der Waals surface area contributed by atoms with E-state index >= 15 is 0 Å². The highest BCUT2D eigenvalue weighted by Crippen LogP contribution is 2.69. The molecule has 1 fully saturated rings. The first-order valence-electron chi connectivity index (χ1n) is 6.34. The van der Waals surface area contributed by atoms with Gasteiger partial charge >= 0.3 is 35.3 Å². The van der Waals surface area contributed by atoms with E-state index in [0.29, 0.717) is 0 Å². The molecule has 13 heteroatoms. The highest BCUT2D eigenvalue weighted by Gasteiger charge is 3.02. The quantitative estimate of drug-likeness (QED) is 0.583. The Morgan fingerprint density at radius 1 is 0.708 bits per heavy atom. The standard InChI is InChI=1S/C11H10F11NO/c1-2-3-4-23-5(24)6(12)7(13,14)9(17,18)11(21,22)10(19,20)8(6,15)16/h2-4H2,1H3,(H,23,24). The molecule has 0 aliphatic heterocycles. The maximum atomic E-state index is 14.1. The average molecular weight is 381 g/mol. The number of amides is 1. The molecule has 2 nitrogen and oxygen atoms in total. The lowest BCUT2D eigenvalue weighted by atomic mass is 9.71. The van der Waals surface area contributed by atoms with Crippen molar-refractivity contribution in [2.24, 2.45) is 0 Å². The van der Waals surface area contributed by atoms with Gasteiger partial charge < -0.3 is 5.32 Å². The summed E-state index contributed by atoms with van der Waals surface area (Å²) in [7, 11) is 0. The third-order valence-electron chi connectivity index (χ3n) is 3.57. The van der Waals surface area contributed by atoms with E-state index in [2.05, 4.69) is 0 Å². The zero-order valence-corrected chi connectivity index (χ0v) is 11.7. The van der Waals surface area contributed by atoms with Crippen LogP contribution in [0.15, 0.2) is 0 Å². The lowest BCUT2D eigenvalue weighted by Crippen LogP contribution is -2.86. The largest absolute Gasteiger partial charge is 0.384 e. The molecule has 0 aromatic heterocycles. The Labute approximate surface area is 127 Å². The van der Waals surface area contributed by atoms with E-state index in [4.69, 9.17) is 0 Å². The molecule has 0 radical (unpaired) electrons. The molecule has 24 heavy (non-hydrogen) atoms. The minimum absolute atomic E-state index is 0.137. The van der Waals surface area contributed by atoms with Crippen molar-refractivity contribution in [2.75, 3.05) is 6.54 Å². The fraction of sp³-hybridized carbons (Fsp3) is 0.909. The molecular formula is C11H10F11NO. The molecular weight excluding hydrogens is 371 g/mol. The van der Waals surface area contributed by atoms with Gasteiger partial charge in [-0.15, -0.1) is 0 Å². The zero-order valence-electron chi connectivity index (χ0n) is 11.7. The fourth-order valence-electron chi connectivity index (χ4n) is 2.01. The maximum Gasteiger partial charge on any atom is 0.384 e. The van der Waals surface area contributed by atoms with Crippen molar-refractivity contribution >= 4 is 5.91 Å². The first-order valence-corrected chi connectivity index (χ1v) is 6.34. The number of alkyl halides is 11. The van der Waals surface area contributed by atoms with Crippen LogP contribution in [0.1, 0.15) is 19.8 Å². The normalized spacial score (nSPS) is 28.2. The summed E-state index contributed by atoms with van der Waals surface area (Å²) in [5.74, 6) is -39.3. The summed E-state index contributed by atoms with van der Waals surface area (Å²) in [5, 5.41) is 1.02. The second-order valence-electron chi connectivity index (χ2n) is 5.14. The number of unbranched alkanes of at least 4 members (excludes halogenated alkanes) is 1. The van der Waals surface area contributed by atoms with E-state index in [1.807, 2.05) is 0 Å². The van der Waals surface area contributed by atoms with Crippen molar-refractivity contribution in [3.05, 3.63) is 0 Å². The summed E-state index contributed by atoms with van der Waals surface area (Å²) < 4.78 is 146. The second-order valence-corrected chi connectivity index (χ2v) is 5.14. The van der Waals surface area contributed by atoms with Gasteiger partial charge in [-0.3, -0.25) is 4.79 Å². The van der Waals surface area contributed by atoms with Gasteiger partial charge in [0.05, 0.1) is 0 Å². The van der Waals surface area contributed by atoms with Crippen molar-refractivity contribution in [3.8, 4) is 0 Å². The Morgan fingerprint density at radius 3 is 1.38 bits per heavy atom. The van der Waals surface area contributed by atoms with E-state index in [-0.39, 0.29) is 12.8 Å². The summed E-state index contributed by atoms with van der Waals surface area (Å²) in [6, 6.07) is 0. The number of nitrogens with one attached hydrogen (secondary N) is 1. The molecule has 0 aromatic rings. The van der Waals surface area contributed by atoms with E-state index in [0.717, 1.165) is 5.32 Å². The zero-order chi connectivity index (χ0) is 19.4. The van der Waals surface area contributed by atoms with Crippen LogP contribution in [-0.2, 0) is 4.79 Å². The summed E-state index contributed by atoms with van der Waals surface area (Å²) in [5.41, 5.74) is -6.59. The Bertz CT molecular complexity index is 486. The highest BCUT2D eigenvalue weighted by molar-refractivity contribution is 5.88. The van der Waals surface area contributed by atoms with E-state index in [9.17, 15) is 53.1 Å². The van der Waals surface area contributed by atoms with E-state index < -0.39 is 47.7 Å². The predicted molar refractivity (Wildman–Crippen MR) is 56.5 cm³/mol. The number of carbonyl (C=O) groups excluding carboxylic acids is 1.